The van der Waals surface area contributed by atoms with Gasteiger partial charge in [0, 0.05) is 24.8 Å². The molecule has 114 valence electrons. The Balaban J connectivity index is 1.84. The summed E-state index contributed by atoms with van der Waals surface area (Å²) in [6.45, 7) is 0. The Bertz CT molecular complexity index is 955. The highest BCUT2D eigenvalue weighted by Gasteiger charge is 2.13. The van der Waals surface area contributed by atoms with E-state index >= 15 is 0 Å². The Morgan fingerprint density at radius 2 is 1.00 bits per heavy atom. The van der Waals surface area contributed by atoms with E-state index < -0.39 is 0 Å². The van der Waals surface area contributed by atoms with Gasteiger partial charge in [0.1, 0.15) is 11.4 Å². The smallest absolute Gasteiger partial charge is 0.116 e. The molecule has 0 aliphatic carbocycles. The average molecular weight is 311 g/mol. The van der Waals surface area contributed by atoms with Crippen molar-refractivity contribution in [1.82, 2.24) is 24.9 Å². The van der Waals surface area contributed by atoms with Crippen molar-refractivity contribution in [1.29, 1.82) is 0 Å². The summed E-state index contributed by atoms with van der Waals surface area (Å²) in [5, 5.41) is 0. The molecule has 0 radical (unpaired) electrons. The Kier molecular flexibility index (Phi) is 3.73. The minimum absolute atomic E-state index is 0.703. The second-order valence-electron chi connectivity index (χ2n) is 5.09. The number of aromatic nitrogens is 5. The third-order valence-electron chi connectivity index (χ3n) is 3.52. The molecule has 4 rings (SSSR count). The highest BCUT2D eigenvalue weighted by Crippen LogP contribution is 2.27. The van der Waals surface area contributed by atoms with Crippen LogP contribution in [0.2, 0.25) is 0 Å². The van der Waals surface area contributed by atoms with Crippen molar-refractivity contribution >= 4 is 0 Å². The van der Waals surface area contributed by atoms with E-state index in [1.807, 2.05) is 54.6 Å². The molecule has 0 N–H and O–H groups in total. The summed E-state index contributed by atoms with van der Waals surface area (Å²) in [4.78, 5) is 22.4. The predicted molar refractivity (Wildman–Crippen MR) is 91.7 cm³/mol. The maximum Gasteiger partial charge on any atom is 0.116 e. The molecule has 0 aliphatic rings. The predicted octanol–water partition coefficient (Wildman–Crippen LogP) is 3.66. The third kappa shape index (κ3) is 2.75. The number of pyridine rings is 3. The van der Waals surface area contributed by atoms with Gasteiger partial charge in [-0.2, -0.15) is 0 Å². The van der Waals surface area contributed by atoms with E-state index in [2.05, 4.69) is 19.9 Å². The number of hydrogen-bond acceptors (Lipinski definition) is 5. The second kappa shape index (κ2) is 6.34. The first kappa shape index (κ1) is 14.1. The van der Waals surface area contributed by atoms with Crippen LogP contribution in [0.1, 0.15) is 0 Å². The molecule has 0 saturated heterocycles. The monoisotopic (exact) mass is 311 g/mol. The average Bonchev–Trinajstić information content (AvgIpc) is 2.69. The van der Waals surface area contributed by atoms with E-state index in [1.54, 1.807) is 24.8 Å². The fraction of sp³-hybridized carbons (Fsp3) is 0. The fourth-order valence-electron chi connectivity index (χ4n) is 2.44. The third-order valence-corrected chi connectivity index (χ3v) is 3.52. The normalized spacial score (nSPS) is 10.5. The molecule has 5 heteroatoms. The molecule has 5 nitrogen and oxygen atoms in total. The minimum atomic E-state index is 0.703. The first-order chi connectivity index (χ1) is 11.9. The maximum absolute atomic E-state index is 4.71. The summed E-state index contributed by atoms with van der Waals surface area (Å²) < 4.78 is 0. The van der Waals surface area contributed by atoms with Crippen LogP contribution < -0.4 is 0 Å². The van der Waals surface area contributed by atoms with Gasteiger partial charge in [-0.3, -0.25) is 19.9 Å². The minimum Gasteiger partial charge on any atom is -0.255 e. The van der Waals surface area contributed by atoms with Gasteiger partial charge in [0.25, 0.3) is 0 Å². The lowest BCUT2D eigenvalue weighted by Crippen LogP contribution is -1.97. The van der Waals surface area contributed by atoms with Crippen molar-refractivity contribution in [3.05, 3.63) is 79.4 Å². The largest absolute Gasteiger partial charge is 0.255 e. The van der Waals surface area contributed by atoms with Crippen LogP contribution in [-0.2, 0) is 0 Å². The summed E-state index contributed by atoms with van der Waals surface area (Å²) in [5.74, 6) is 0. The molecule has 4 aromatic heterocycles. The summed E-state index contributed by atoms with van der Waals surface area (Å²) in [5.41, 5.74) is 4.55. The topological polar surface area (TPSA) is 64.5 Å². The summed E-state index contributed by atoms with van der Waals surface area (Å²) in [6.07, 6.45) is 6.82. The zero-order valence-electron chi connectivity index (χ0n) is 12.7. The van der Waals surface area contributed by atoms with Crippen LogP contribution >= 0.6 is 0 Å². The Morgan fingerprint density at radius 1 is 0.417 bits per heavy atom. The highest BCUT2D eigenvalue weighted by molar-refractivity contribution is 5.74. The van der Waals surface area contributed by atoms with Crippen LogP contribution in [0.4, 0.5) is 0 Å². The Labute approximate surface area is 139 Å². The summed E-state index contributed by atoms with van der Waals surface area (Å²) in [6, 6.07) is 17.3. The SMILES string of the molecule is c1ccc(-c2cccc(-c3nccnc3-c3ccccn3)n2)nc1. The van der Waals surface area contributed by atoms with Crippen LogP contribution in [0, 0.1) is 0 Å². The fourth-order valence-corrected chi connectivity index (χ4v) is 2.44. The van der Waals surface area contributed by atoms with Crippen molar-refractivity contribution < 1.29 is 0 Å². The van der Waals surface area contributed by atoms with Crippen LogP contribution in [0.15, 0.2) is 79.4 Å². The number of rotatable bonds is 3. The molecule has 4 heterocycles. The van der Waals surface area contributed by atoms with Crippen molar-refractivity contribution in [2.24, 2.45) is 0 Å². The van der Waals surface area contributed by atoms with Gasteiger partial charge in [0.05, 0.1) is 22.8 Å². The standard InChI is InChI=1S/C19H13N5/c1-3-10-20-14(6-1)15-8-5-9-17(24-15)19-18(22-12-13-23-19)16-7-2-4-11-21-16/h1-13H. The first-order valence-corrected chi connectivity index (χ1v) is 7.53. The molecule has 0 amide bonds. The highest BCUT2D eigenvalue weighted by atomic mass is 14.9. The lowest BCUT2D eigenvalue weighted by molar-refractivity contribution is 1.15. The van der Waals surface area contributed by atoms with Crippen LogP contribution in [0.5, 0.6) is 0 Å². The van der Waals surface area contributed by atoms with E-state index in [0.29, 0.717) is 11.4 Å². The molecule has 0 spiro atoms. The molecule has 0 aliphatic heterocycles. The molecular formula is C19H13N5. The quantitative estimate of drug-likeness (QED) is 0.577. The molecule has 0 atom stereocenters. The molecule has 0 saturated carbocycles. The molecule has 0 fully saturated rings. The van der Waals surface area contributed by atoms with Gasteiger partial charge in [0.15, 0.2) is 0 Å². The van der Waals surface area contributed by atoms with Crippen molar-refractivity contribution in [2.75, 3.05) is 0 Å². The lowest BCUT2D eigenvalue weighted by atomic mass is 10.1. The van der Waals surface area contributed by atoms with Crippen molar-refractivity contribution in [3.8, 4) is 34.2 Å². The summed E-state index contributed by atoms with van der Waals surface area (Å²) >= 11 is 0. The zero-order chi connectivity index (χ0) is 16.2. The van der Waals surface area contributed by atoms with Crippen LogP contribution in [0.25, 0.3) is 34.2 Å². The maximum atomic E-state index is 4.71. The van der Waals surface area contributed by atoms with E-state index in [1.165, 1.54) is 0 Å². The van der Waals surface area contributed by atoms with Gasteiger partial charge in [-0.1, -0.05) is 18.2 Å². The van der Waals surface area contributed by atoms with E-state index in [4.69, 9.17) is 4.98 Å². The van der Waals surface area contributed by atoms with Gasteiger partial charge in [-0.25, -0.2) is 4.98 Å². The molecular weight excluding hydrogens is 298 g/mol. The molecule has 24 heavy (non-hydrogen) atoms. The van der Waals surface area contributed by atoms with Gasteiger partial charge in [-0.15, -0.1) is 0 Å². The molecule has 4 aromatic rings. The zero-order valence-corrected chi connectivity index (χ0v) is 12.7. The van der Waals surface area contributed by atoms with Gasteiger partial charge in [0.2, 0.25) is 0 Å². The Morgan fingerprint density at radius 3 is 1.67 bits per heavy atom. The lowest BCUT2D eigenvalue weighted by Gasteiger charge is -2.08. The molecule has 0 aromatic carbocycles. The van der Waals surface area contributed by atoms with Crippen molar-refractivity contribution in [3.63, 3.8) is 0 Å². The van der Waals surface area contributed by atoms with Gasteiger partial charge >= 0.3 is 0 Å². The van der Waals surface area contributed by atoms with E-state index in [0.717, 1.165) is 22.8 Å². The number of nitrogens with zero attached hydrogens (tertiary/aromatic N) is 5. The first-order valence-electron chi connectivity index (χ1n) is 7.53. The van der Waals surface area contributed by atoms with Crippen LogP contribution in [-0.4, -0.2) is 24.9 Å². The Hall–Kier alpha value is -3.47. The number of hydrogen-bond donors (Lipinski definition) is 0. The summed E-state index contributed by atoms with van der Waals surface area (Å²) in [7, 11) is 0. The van der Waals surface area contributed by atoms with Crippen LogP contribution in [0.3, 0.4) is 0 Å². The van der Waals surface area contributed by atoms with Crippen molar-refractivity contribution in [2.45, 2.75) is 0 Å². The van der Waals surface area contributed by atoms with E-state index in [-0.39, 0.29) is 0 Å². The molecule has 0 unspecified atom stereocenters. The van der Waals surface area contributed by atoms with E-state index in [9.17, 15) is 0 Å². The second-order valence-corrected chi connectivity index (χ2v) is 5.09. The van der Waals surface area contributed by atoms with Gasteiger partial charge < -0.3 is 0 Å². The molecule has 0 bridgehead atoms. The van der Waals surface area contributed by atoms with Gasteiger partial charge in [-0.05, 0) is 36.4 Å².